The van der Waals surface area contributed by atoms with Gasteiger partial charge in [0, 0.05) is 10.0 Å². The zero-order valence-electron chi connectivity index (χ0n) is 17.1. The molecule has 1 aromatic rings. The first-order chi connectivity index (χ1) is 13.3. The van der Waals surface area contributed by atoms with E-state index in [1.807, 2.05) is 11.8 Å². The quantitative estimate of drug-likeness (QED) is 0.401. The van der Waals surface area contributed by atoms with E-state index in [-0.39, 0.29) is 0 Å². The van der Waals surface area contributed by atoms with Crippen LogP contribution >= 0.6 is 27.7 Å². The van der Waals surface area contributed by atoms with Crippen LogP contribution in [0, 0.1) is 0 Å². The Morgan fingerprint density at radius 1 is 1.04 bits per heavy atom. The van der Waals surface area contributed by atoms with Gasteiger partial charge in [-0.25, -0.2) is 0 Å². The Morgan fingerprint density at radius 2 is 1.79 bits per heavy atom. The van der Waals surface area contributed by atoms with Crippen molar-refractivity contribution in [2.45, 2.75) is 44.7 Å². The Kier molecular flexibility index (Phi) is 4.25. The van der Waals surface area contributed by atoms with Crippen LogP contribution in [0.25, 0.3) is 6.08 Å². The fourth-order valence-corrected chi connectivity index (χ4v) is 11.6. The lowest BCUT2D eigenvalue weighted by molar-refractivity contribution is 1.14. The van der Waals surface area contributed by atoms with Crippen molar-refractivity contribution in [3.8, 4) is 0 Å². The topological polar surface area (TPSA) is 0 Å². The molecule has 4 aliphatic rings. The van der Waals surface area contributed by atoms with Gasteiger partial charge in [-0.05, 0) is 80.2 Å². The van der Waals surface area contributed by atoms with Crippen molar-refractivity contribution in [3.05, 3.63) is 96.1 Å². The summed E-state index contributed by atoms with van der Waals surface area (Å²) in [5.41, 5.74) is 10.8. The standard InChI is InChI=1S/C25H25BrSSi/c1-14-12-19-20(13-21-23(24(19)26)15(2)16(3)27-21)25(14)28(4,5)22-11-10-17-8-6-7-9-18(17)22/h6-13,21-22H,1-5H3. The Bertz CT molecular complexity index is 1110. The number of thioether (sulfide) groups is 1. The monoisotopic (exact) mass is 464 g/mol. The van der Waals surface area contributed by atoms with Crippen LogP contribution in [0.1, 0.15) is 37.4 Å². The first kappa shape index (κ1) is 18.7. The fraction of sp³-hybridized carbons (Fsp3) is 0.280. The second-order valence-corrected chi connectivity index (χ2v) is 15.5. The molecular weight excluding hydrogens is 440 g/mol. The highest BCUT2D eigenvalue weighted by molar-refractivity contribution is 9.12. The second kappa shape index (κ2) is 6.35. The van der Waals surface area contributed by atoms with Crippen LogP contribution in [0.2, 0.25) is 13.1 Å². The van der Waals surface area contributed by atoms with E-state index >= 15 is 0 Å². The van der Waals surface area contributed by atoms with Crippen LogP contribution < -0.4 is 0 Å². The van der Waals surface area contributed by atoms with Crippen LogP contribution in [0.15, 0.2) is 84.9 Å². The Hall–Kier alpha value is -1.29. The highest BCUT2D eigenvalue weighted by Crippen LogP contribution is 2.55. The van der Waals surface area contributed by atoms with E-state index < -0.39 is 8.07 Å². The first-order valence-corrected chi connectivity index (χ1v) is 14.7. The van der Waals surface area contributed by atoms with Crippen LogP contribution in [0.3, 0.4) is 0 Å². The van der Waals surface area contributed by atoms with Gasteiger partial charge >= 0.3 is 0 Å². The van der Waals surface area contributed by atoms with Crippen LogP contribution in [-0.2, 0) is 0 Å². The van der Waals surface area contributed by atoms with Crippen molar-refractivity contribution in [2.24, 2.45) is 0 Å². The minimum absolute atomic E-state index is 0.457. The SMILES string of the molecule is CC1=C([Si](C)(C)C2C=Cc3ccccc32)C2=CC3SC(C)=C(C)C3=C(Br)C2=C1. The normalized spacial score (nSPS) is 25.9. The van der Waals surface area contributed by atoms with E-state index in [0.717, 1.165) is 0 Å². The molecule has 0 saturated carbocycles. The molecule has 142 valence electrons. The third-order valence-corrected chi connectivity index (χ3v) is 13.0. The van der Waals surface area contributed by atoms with Gasteiger partial charge in [0.1, 0.15) is 0 Å². The van der Waals surface area contributed by atoms with E-state index in [1.54, 1.807) is 5.20 Å². The average Bonchev–Trinajstić information content (AvgIpc) is 3.30. The molecule has 0 fully saturated rings. The number of fused-ring (bicyclic) bond motifs is 3. The summed E-state index contributed by atoms with van der Waals surface area (Å²) < 4.78 is 1.32. The van der Waals surface area contributed by atoms with Crippen molar-refractivity contribution in [1.82, 2.24) is 0 Å². The molecule has 2 unspecified atom stereocenters. The van der Waals surface area contributed by atoms with E-state index in [9.17, 15) is 0 Å². The zero-order chi connectivity index (χ0) is 19.8. The lowest BCUT2D eigenvalue weighted by atomic mass is 9.92. The van der Waals surface area contributed by atoms with Gasteiger partial charge in [0.25, 0.3) is 0 Å². The van der Waals surface area contributed by atoms with Gasteiger partial charge in [0.05, 0.1) is 13.3 Å². The number of allylic oxidation sites excluding steroid dienone is 9. The van der Waals surface area contributed by atoms with Crippen molar-refractivity contribution >= 4 is 41.8 Å². The van der Waals surface area contributed by atoms with Crippen molar-refractivity contribution in [2.75, 3.05) is 0 Å². The molecule has 1 aliphatic heterocycles. The fourth-order valence-electron chi connectivity index (χ4n) is 5.40. The maximum atomic E-state index is 4.00. The summed E-state index contributed by atoms with van der Waals surface area (Å²) in [4.78, 5) is 1.46. The maximum Gasteiger partial charge on any atom is 0.0931 e. The minimum atomic E-state index is -1.76. The molecule has 0 nitrogen and oxygen atoms in total. The van der Waals surface area contributed by atoms with Gasteiger partial charge in [0.15, 0.2) is 0 Å². The maximum absolute atomic E-state index is 4.00. The third-order valence-electron chi connectivity index (χ3n) is 6.85. The molecule has 0 radical (unpaired) electrons. The summed E-state index contributed by atoms with van der Waals surface area (Å²) in [6, 6.07) is 8.94. The molecule has 2 atom stereocenters. The molecule has 0 bridgehead atoms. The van der Waals surface area contributed by atoms with Gasteiger partial charge in [-0.2, -0.15) is 0 Å². The molecular formula is C25H25BrSSi. The van der Waals surface area contributed by atoms with E-state index in [4.69, 9.17) is 0 Å². The minimum Gasteiger partial charge on any atom is -0.118 e. The highest BCUT2D eigenvalue weighted by atomic mass is 79.9. The summed E-state index contributed by atoms with van der Waals surface area (Å²) in [5, 5.41) is 2.10. The van der Waals surface area contributed by atoms with Gasteiger partial charge in [-0.1, -0.05) is 67.2 Å². The molecule has 3 heteroatoms. The van der Waals surface area contributed by atoms with Gasteiger partial charge in [0.2, 0.25) is 0 Å². The van der Waals surface area contributed by atoms with Crippen molar-refractivity contribution < 1.29 is 0 Å². The molecule has 28 heavy (non-hydrogen) atoms. The molecule has 3 aliphatic carbocycles. The summed E-state index contributed by atoms with van der Waals surface area (Å²) in [5.74, 6) is 0. The number of hydrogen-bond donors (Lipinski definition) is 0. The molecule has 5 rings (SSSR count). The predicted octanol–water partition coefficient (Wildman–Crippen LogP) is 7.84. The predicted molar refractivity (Wildman–Crippen MR) is 130 cm³/mol. The molecule has 0 N–H and O–H groups in total. The molecule has 0 saturated heterocycles. The summed E-state index contributed by atoms with van der Waals surface area (Å²) in [6.07, 6.45) is 9.79. The number of rotatable bonds is 2. The van der Waals surface area contributed by atoms with Crippen molar-refractivity contribution in [3.63, 3.8) is 0 Å². The van der Waals surface area contributed by atoms with Gasteiger partial charge < -0.3 is 0 Å². The molecule has 1 heterocycles. The lowest BCUT2D eigenvalue weighted by Gasteiger charge is -2.35. The Labute approximate surface area is 182 Å². The van der Waals surface area contributed by atoms with Crippen molar-refractivity contribution in [1.29, 1.82) is 0 Å². The summed E-state index contributed by atoms with van der Waals surface area (Å²) in [7, 11) is -1.76. The smallest absolute Gasteiger partial charge is 0.0931 e. The summed E-state index contributed by atoms with van der Waals surface area (Å²) in [6.45, 7) is 12.0. The Balaban J connectivity index is 1.59. The average molecular weight is 466 g/mol. The molecule has 0 spiro atoms. The van der Waals surface area contributed by atoms with Crippen LogP contribution in [0.5, 0.6) is 0 Å². The zero-order valence-corrected chi connectivity index (χ0v) is 20.5. The third kappa shape index (κ3) is 2.49. The lowest BCUT2D eigenvalue weighted by Crippen LogP contribution is -2.38. The number of benzene rings is 1. The first-order valence-electron chi connectivity index (χ1n) is 9.98. The molecule has 0 aromatic heterocycles. The number of halogens is 1. The van der Waals surface area contributed by atoms with E-state index in [1.165, 1.54) is 48.4 Å². The van der Waals surface area contributed by atoms with Crippen LogP contribution in [0.4, 0.5) is 0 Å². The number of hydrogen-bond acceptors (Lipinski definition) is 1. The molecule has 1 aromatic carbocycles. The van der Waals surface area contributed by atoms with E-state index in [0.29, 0.717) is 10.8 Å². The highest BCUT2D eigenvalue weighted by Gasteiger charge is 2.44. The van der Waals surface area contributed by atoms with Gasteiger partial charge in [-0.3, -0.25) is 0 Å². The Morgan fingerprint density at radius 3 is 2.57 bits per heavy atom. The van der Waals surface area contributed by atoms with Crippen LogP contribution in [-0.4, -0.2) is 13.3 Å². The van der Waals surface area contributed by atoms with Gasteiger partial charge in [-0.15, -0.1) is 11.8 Å². The largest absolute Gasteiger partial charge is 0.118 e. The summed E-state index contributed by atoms with van der Waals surface area (Å²) >= 11 is 6.01. The second-order valence-electron chi connectivity index (χ2n) is 8.83. The molecule has 0 amide bonds. The van der Waals surface area contributed by atoms with E-state index in [2.05, 4.69) is 98.4 Å².